The Labute approximate surface area is 191 Å². The van der Waals surface area contributed by atoms with Crippen LogP contribution in [-0.2, 0) is 4.79 Å². The Morgan fingerprint density at radius 1 is 1.28 bits per heavy atom. The first-order valence-corrected chi connectivity index (χ1v) is 11.9. The van der Waals surface area contributed by atoms with Gasteiger partial charge in [-0.25, -0.2) is 5.43 Å². The summed E-state index contributed by atoms with van der Waals surface area (Å²) in [5.74, 6) is 1.93. The van der Waals surface area contributed by atoms with Crippen LogP contribution in [0.15, 0.2) is 41.8 Å². The van der Waals surface area contributed by atoms with Crippen molar-refractivity contribution in [3.8, 4) is 5.75 Å². The zero-order valence-corrected chi connectivity index (χ0v) is 19.4. The summed E-state index contributed by atoms with van der Waals surface area (Å²) in [4.78, 5) is 14.3. The van der Waals surface area contributed by atoms with Crippen molar-refractivity contribution >= 4 is 11.7 Å². The molecule has 1 aromatic carbocycles. The lowest BCUT2D eigenvalue weighted by Gasteiger charge is -2.37. The maximum Gasteiger partial charge on any atom is 0.220 e. The number of benzene rings is 1. The minimum Gasteiger partial charge on any atom is -0.494 e. The van der Waals surface area contributed by atoms with Gasteiger partial charge in [0.15, 0.2) is 0 Å². The first-order valence-electron chi connectivity index (χ1n) is 11.9. The maximum atomic E-state index is 12.2. The molecule has 32 heavy (non-hydrogen) atoms. The van der Waals surface area contributed by atoms with E-state index in [4.69, 9.17) is 4.74 Å². The number of hydrazine groups is 1. The highest BCUT2D eigenvalue weighted by Gasteiger charge is 2.44. The van der Waals surface area contributed by atoms with E-state index in [-0.39, 0.29) is 30.2 Å². The van der Waals surface area contributed by atoms with E-state index < -0.39 is 0 Å². The van der Waals surface area contributed by atoms with Crippen LogP contribution >= 0.6 is 0 Å². The van der Waals surface area contributed by atoms with Crippen molar-refractivity contribution in [2.75, 3.05) is 6.61 Å². The van der Waals surface area contributed by atoms with Crippen LogP contribution < -0.4 is 20.9 Å². The monoisotopic (exact) mass is 440 g/mol. The Bertz CT molecular complexity index is 839. The molecule has 4 rings (SSSR count). The zero-order valence-electron chi connectivity index (χ0n) is 19.4. The van der Waals surface area contributed by atoms with E-state index in [9.17, 15) is 4.79 Å². The van der Waals surface area contributed by atoms with Crippen LogP contribution in [0.2, 0.25) is 0 Å². The lowest BCUT2D eigenvalue weighted by atomic mass is 9.99. The smallest absolute Gasteiger partial charge is 0.220 e. The second-order valence-electron chi connectivity index (χ2n) is 8.85. The fourth-order valence-electron chi connectivity index (χ4n) is 4.33. The molecule has 3 aliphatic heterocycles. The Morgan fingerprint density at radius 2 is 2.09 bits per heavy atom. The summed E-state index contributed by atoms with van der Waals surface area (Å²) in [6.45, 7) is 7.04. The fraction of sp³-hybridized carbons (Fsp3) is 0.583. The fourth-order valence-corrected chi connectivity index (χ4v) is 4.33. The molecule has 0 saturated carbocycles. The molecule has 0 bridgehead atoms. The molecule has 1 aromatic rings. The highest BCUT2D eigenvalue weighted by atomic mass is 16.5. The van der Waals surface area contributed by atoms with Gasteiger partial charge in [0, 0.05) is 31.3 Å². The van der Waals surface area contributed by atoms with Gasteiger partial charge in [0.1, 0.15) is 17.8 Å². The van der Waals surface area contributed by atoms with E-state index in [1.165, 1.54) is 5.56 Å². The van der Waals surface area contributed by atoms with E-state index in [1.54, 1.807) is 0 Å². The largest absolute Gasteiger partial charge is 0.494 e. The number of amidine groups is 1. The summed E-state index contributed by atoms with van der Waals surface area (Å²) in [5, 5.41) is 9.75. The third-order valence-corrected chi connectivity index (χ3v) is 6.46. The lowest BCUT2D eigenvalue weighted by Crippen LogP contribution is -2.54. The number of hydrazone groups is 1. The quantitative estimate of drug-likeness (QED) is 0.485. The third kappa shape index (κ3) is 5.01. The summed E-state index contributed by atoms with van der Waals surface area (Å²) in [7, 11) is 0. The number of rotatable bonds is 10. The molecule has 3 heterocycles. The molecule has 3 aliphatic rings. The van der Waals surface area contributed by atoms with Gasteiger partial charge in [-0.2, -0.15) is 5.10 Å². The number of hydrogen-bond donors (Lipinski definition) is 3. The molecule has 0 radical (unpaired) electrons. The van der Waals surface area contributed by atoms with Crippen LogP contribution in [0.1, 0.15) is 70.9 Å². The van der Waals surface area contributed by atoms with Crippen LogP contribution in [0.25, 0.3) is 0 Å². The molecular weight excluding hydrogens is 404 g/mol. The Balaban J connectivity index is 1.31. The molecule has 8 heteroatoms. The molecule has 174 valence electrons. The van der Waals surface area contributed by atoms with Gasteiger partial charge < -0.3 is 20.0 Å². The Morgan fingerprint density at radius 3 is 2.84 bits per heavy atom. The van der Waals surface area contributed by atoms with Gasteiger partial charge in [0.05, 0.1) is 18.7 Å². The van der Waals surface area contributed by atoms with E-state index in [1.807, 2.05) is 13.1 Å². The number of amides is 1. The molecule has 0 aliphatic carbocycles. The van der Waals surface area contributed by atoms with E-state index in [0.717, 1.165) is 43.9 Å². The number of nitrogens with zero attached hydrogens (tertiary/aromatic N) is 3. The molecule has 1 saturated heterocycles. The number of nitrogens with one attached hydrogen (secondary N) is 3. The van der Waals surface area contributed by atoms with Crippen molar-refractivity contribution in [3.05, 3.63) is 42.2 Å². The van der Waals surface area contributed by atoms with Crippen molar-refractivity contribution in [1.29, 1.82) is 0 Å². The molecule has 4 unspecified atom stereocenters. The number of fused-ring (bicyclic) bond motifs is 3. The second-order valence-corrected chi connectivity index (χ2v) is 8.85. The lowest BCUT2D eigenvalue weighted by molar-refractivity contribution is -0.121. The average molecular weight is 441 g/mol. The van der Waals surface area contributed by atoms with Gasteiger partial charge in [-0.1, -0.05) is 32.4 Å². The topological polar surface area (TPSA) is 81.2 Å². The average Bonchev–Trinajstić information content (AvgIpc) is 3.42. The third-order valence-electron chi connectivity index (χ3n) is 6.46. The predicted molar refractivity (Wildman–Crippen MR) is 125 cm³/mol. The van der Waals surface area contributed by atoms with Crippen LogP contribution in [-0.4, -0.2) is 46.5 Å². The Kier molecular flexibility index (Phi) is 7.19. The highest BCUT2D eigenvalue weighted by Crippen LogP contribution is 2.34. The normalized spacial score (nSPS) is 24.5. The number of carbonyl (C=O) groups is 1. The SMILES string of the molecule is CCCCOc1ccc(C2CC3C4NN=C(CCC(=O)NC(C)CC)N4C=CN3N2)cc1. The molecule has 4 atom stereocenters. The van der Waals surface area contributed by atoms with Gasteiger partial charge >= 0.3 is 0 Å². The number of unbranched alkanes of at least 4 members (excludes halogenated alkanes) is 1. The first kappa shape index (κ1) is 22.5. The predicted octanol–water partition coefficient (Wildman–Crippen LogP) is 3.21. The standard InChI is InChI=1S/C24H36N6O2/c1-4-6-15-32-19-9-7-18(8-10-19)20-16-21-24-27-26-22(29(24)13-14-30(21)28-20)11-12-23(31)25-17(3)5-2/h7-10,13-14,17,20-21,24,27-28H,4-6,11-12,15-16H2,1-3H3,(H,25,31). The maximum absolute atomic E-state index is 12.2. The number of hydrogen-bond acceptors (Lipinski definition) is 7. The Hall–Kier alpha value is -2.74. The molecule has 0 aromatic heterocycles. The zero-order chi connectivity index (χ0) is 22.5. The highest BCUT2D eigenvalue weighted by molar-refractivity contribution is 5.89. The van der Waals surface area contributed by atoms with Crippen molar-refractivity contribution in [1.82, 2.24) is 26.1 Å². The molecule has 3 N–H and O–H groups in total. The van der Waals surface area contributed by atoms with Crippen LogP contribution in [0.4, 0.5) is 0 Å². The molecule has 0 spiro atoms. The van der Waals surface area contributed by atoms with E-state index in [0.29, 0.717) is 12.8 Å². The summed E-state index contributed by atoms with van der Waals surface area (Å²) < 4.78 is 5.79. The molecule has 8 nitrogen and oxygen atoms in total. The van der Waals surface area contributed by atoms with Crippen molar-refractivity contribution in [2.45, 2.75) is 83.6 Å². The minimum atomic E-state index is 0.0711. The second kappa shape index (κ2) is 10.3. The van der Waals surface area contributed by atoms with Crippen LogP contribution in [0, 0.1) is 0 Å². The van der Waals surface area contributed by atoms with Gasteiger partial charge in [0.2, 0.25) is 5.91 Å². The van der Waals surface area contributed by atoms with Gasteiger partial charge in [-0.05, 0) is 43.9 Å². The summed E-state index contributed by atoms with van der Waals surface area (Å²) >= 11 is 0. The van der Waals surface area contributed by atoms with Crippen molar-refractivity contribution in [2.24, 2.45) is 5.10 Å². The first-order chi connectivity index (χ1) is 15.6. The van der Waals surface area contributed by atoms with Crippen molar-refractivity contribution < 1.29 is 9.53 Å². The molecule has 1 fully saturated rings. The van der Waals surface area contributed by atoms with Crippen LogP contribution in [0.5, 0.6) is 5.75 Å². The summed E-state index contributed by atoms with van der Waals surface area (Å²) in [6, 6.07) is 9.12. The van der Waals surface area contributed by atoms with Crippen molar-refractivity contribution in [3.63, 3.8) is 0 Å². The van der Waals surface area contributed by atoms with E-state index in [2.05, 4.69) is 75.5 Å². The van der Waals surface area contributed by atoms with Gasteiger partial charge in [-0.15, -0.1) is 0 Å². The summed E-state index contributed by atoms with van der Waals surface area (Å²) in [5.41, 5.74) is 8.16. The number of carbonyl (C=O) groups excluding carboxylic acids is 1. The van der Waals surface area contributed by atoms with E-state index >= 15 is 0 Å². The number of ether oxygens (including phenoxy) is 1. The summed E-state index contributed by atoms with van der Waals surface area (Å²) in [6.07, 6.45) is 9.38. The van der Waals surface area contributed by atoms with Gasteiger partial charge in [0.25, 0.3) is 0 Å². The van der Waals surface area contributed by atoms with Crippen LogP contribution in [0.3, 0.4) is 0 Å². The molecular formula is C24H36N6O2. The minimum absolute atomic E-state index is 0.0711. The van der Waals surface area contributed by atoms with Gasteiger partial charge in [-0.3, -0.25) is 10.2 Å². The molecule has 1 amide bonds.